The van der Waals surface area contributed by atoms with Crippen molar-refractivity contribution in [2.75, 3.05) is 0 Å². The molecule has 0 saturated heterocycles. The zero-order valence-electron chi connectivity index (χ0n) is 8.64. The van der Waals surface area contributed by atoms with Gasteiger partial charge in [0.05, 0.1) is 12.0 Å². The third kappa shape index (κ3) is 1.66. The van der Waals surface area contributed by atoms with Gasteiger partial charge >= 0.3 is 0 Å². The predicted molar refractivity (Wildman–Crippen MR) is 58.3 cm³/mol. The van der Waals surface area contributed by atoms with Crippen molar-refractivity contribution in [3.63, 3.8) is 0 Å². The summed E-state index contributed by atoms with van der Waals surface area (Å²) in [6, 6.07) is 9.60. The van der Waals surface area contributed by atoms with Gasteiger partial charge in [-0.3, -0.25) is 0 Å². The van der Waals surface area contributed by atoms with E-state index in [1.54, 1.807) is 12.5 Å². The first kappa shape index (κ1) is 9.93. The van der Waals surface area contributed by atoms with Gasteiger partial charge < -0.3 is 10.1 Å². The van der Waals surface area contributed by atoms with Crippen molar-refractivity contribution in [3.8, 4) is 0 Å². The summed E-state index contributed by atoms with van der Waals surface area (Å²) in [5.74, 6) is 0. The fourth-order valence-electron chi connectivity index (χ4n) is 1.73. The first-order valence-electron chi connectivity index (χ1n) is 5.04. The molecule has 1 aromatic heterocycles. The second kappa shape index (κ2) is 3.87. The number of aliphatic hydroxyl groups is 1. The van der Waals surface area contributed by atoms with Crippen LogP contribution in [-0.2, 0) is 5.60 Å². The minimum atomic E-state index is -0.985. The molecule has 78 valence electrons. The molecule has 0 aliphatic rings. The average Bonchev–Trinajstić information content (AvgIpc) is 2.83. The van der Waals surface area contributed by atoms with Gasteiger partial charge in [0.2, 0.25) is 0 Å². The van der Waals surface area contributed by atoms with Gasteiger partial charge in [0.25, 0.3) is 0 Å². The highest BCUT2D eigenvalue weighted by Gasteiger charge is 2.30. The molecule has 2 rings (SSSR count). The number of benzene rings is 1. The van der Waals surface area contributed by atoms with Gasteiger partial charge in [-0.25, -0.2) is 4.98 Å². The Kier molecular flexibility index (Phi) is 2.56. The Labute approximate surface area is 88.8 Å². The van der Waals surface area contributed by atoms with Crippen LogP contribution in [0.25, 0.3) is 0 Å². The molecule has 1 atom stereocenters. The molecular formula is C12H14N2O. The maximum Gasteiger partial charge on any atom is 0.133 e. The molecular weight excluding hydrogens is 188 g/mol. The lowest BCUT2D eigenvalue weighted by atomic mass is 9.88. The van der Waals surface area contributed by atoms with Crippen LogP contribution in [0.4, 0.5) is 0 Å². The zero-order chi connectivity index (χ0) is 10.7. The van der Waals surface area contributed by atoms with E-state index in [0.717, 1.165) is 5.56 Å². The Morgan fingerprint density at radius 1 is 1.33 bits per heavy atom. The Morgan fingerprint density at radius 2 is 2.07 bits per heavy atom. The maximum atomic E-state index is 10.6. The maximum absolute atomic E-state index is 10.6. The summed E-state index contributed by atoms with van der Waals surface area (Å²) in [5, 5.41) is 10.6. The first-order chi connectivity index (χ1) is 7.27. The monoisotopic (exact) mass is 202 g/mol. The van der Waals surface area contributed by atoms with Gasteiger partial charge in [-0.2, -0.15) is 0 Å². The largest absolute Gasteiger partial charge is 0.379 e. The molecule has 2 N–H and O–H groups in total. The van der Waals surface area contributed by atoms with Gasteiger partial charge in [-0.1, -0.05) is 37.3 Å². The third-order valence-corrected chi connectivity index (χ3v) is 2.68. The summed E-state index contributed by atoms with van der Waals surface area (Å²) in [5.41, 5.74) is 0.553. The van der Waals surface area contributed by atoms with E-state index in [0.29, 0.717) is 12.1 Å². The van der Waals surface area contributed by atoms with Crippen LogP contribution in [0, 0.1) is 0 Å². The molecule has 1 aromatic carbocycles. The Balaban J connectivity index is 2.47. The summed E-state index contributed by atoms with van der Waals surface area (Å²) in [7, 11) is 0. The second-order valence-corrected chi connectivity index (χ2v) is 3.53. The van der Waals surface area contributed by atoms with Gasteiger partial charge in [-0.05, 0) is 12.0 Å². The number of aromatic amines is 1. The quantitative estimate of drug-likeness (QED) is 0.800. The van der Waals surface area contributed by atoms with Crippen LogP contribution in [0.1, 0.15) is 24.6 Å². The smallest absolute Gasteiger partial charge is 0.133 e. The fraction of sp³-hybridized carbons (Fsp3) is 0.250. The molecule has 0 bridgehead atoms. The van der Waals surface area contributed by atoms with Crippen molar-refractivity contribution >= 4 is 0 Å². The van der Waals surface area contributed by atoms with Crippen LogP contribution in [0.5, 0.6) is 0 Å². The highest BCUT2D eigenvalue weighted by Crippen LogP contribution is 2.30. The van der Waals surface area contributed by atoms with Crippen LogP contribution in [-0.4, -0.2) is 15.1 Å². The highest BCUT2D eigenvalue weighted by atomic mass is 16.3. The molecule has 0 fully saturated rings. The topological polar surface area (TPSA) is 48.9 Å². The van der Waals surface area contributed by atoms with E-state index >= 15 is 0 Å². The molecule has 0 aliphatic carbocycles. The number of hydrogen-bond donors (Lipinski definition) is 2. The standard InChI is InChI=1S/C12H14N2O/c1-2-12(15,11-8-13-9-14-11)10-6-4-3-5-7-10/h3-9,15H,2H2,1H3,(H,13,14). The molecule has 3 heteroatoms. The minimum Gasteiger partial charge on any atom is -0.379 e. The van der Waals surface area contributed by atoms with E-state index in [2.05, 4.69) is 9.97 Å². The van der Waals surface area contributed by atoms with Crippen molar-refractivity contribution in [2.45, 2.75) is 18.9 Å². The molecule has 2 aromatic rings. The molecule has 0 spiro atoms. The van der Waals surface area contributed by atoms with Crippen LogP contribution >= 0.6 is 0 Å². The third-order valence-electron chi connectivity index (χ3n) is 2.68. The molecule has 0 amide bonds. The van der Waals surface area contributed by atoms with Crippen LogP contribution in [0.3, 0.4) is 0 Å². The normalized spacial score (nSPS) is 14.8. The lowest BCUT2D eigenvalue weighted by molar-refractivity contribution is 0.0723. The number of rotatable bonds is 3. The lowest BCUT2D eigenvalue weighted by Crippen LogP contribution is -2.26. The Morgan fingerprint density at radius 3 is 2.60 bits per heavy atom. The molecule has 0 radical (unpaired) electrons. The van der Waals surface area contributed by atoms with E-state index in [-0.39, 0.29) is 0 Å². The van der Waals surface area contributed by atoms with Crippen LogP contribution < -0.4 is 0 Å². The van der Waals surface area contributed by atoms with Gasteiger partial charge in [-0.15, -0.1) is 0 Å². The van der Waals surface area contributed by atoms with Crippen molar-refractivity contribution in [1.29, 1.82) is 0 Å². The number of imidazole rings is 1. The van der Waals surface area contributed by atoms with E-state index < -0.39 is 5.60 Å². The van der Waals surface area contributed by atoms with E-state index in [9.17, 15) is 5.11 Å². The van der Waals surface area contributed by atoms with E-state index in [1.807, 2.05) is 37.3 Å². The number of nitrogens with one attached hydrogen (secondary N) is 1. The van der Waals surface area contributed by atoms with Gasteiger partial charge in [0.1, 0.15) is 5.60 Å². The summed E-state index contributed by atoms with van der Waals surface area (Å²) in [4.78, 5) is 7.00. The number of nitrogens with zero attached hydrogens (tertiary/aromatic N) is 1. The average molecular weight is 202 g/mol. The number of H-pyrrole nitrogens is 1. The highest BCUT2D eigenvalue weighted by molar-refractivity contribution is 5.30. The van der Waals surface area contributed by atoms with E-state index in [4.69, 9.17) is 0 Å². The van der Waals surface area contributed by atoms with Gasteiger partial charge in [0, 0.05) is 6.20 Å². The summed E-state index contributed by atoms with van der Waals surface area (Å²) < 4.78 is 0. The van der Waals surface area contributed by atoms with Crippen molar-refractivity contribution in [2.24, 2.45) is 0 Å². The summed E-state index contributed by atoms with van der Waals surface area (Å²) in [6.45, 7) is 1.95. The minimum absolute atomic E-state index is 0.599. The number of hydrogen-bond acceptors (Lipinski definition) is 2. The van der Waals surface area contributed by atoms with E-state index in [1.165, 1.54) is 0 Å². The Hall–Kier alpha value is -1.61. The molecule has 15 heavy (non-hydrogen) atoms. The SMILES string of the molecule is CCC(O)(c1ccccc1)c1c[nH]cn1. The molecule has 1 heterocycles. The first-order valence-corrected chi connectivity index (χ1v) is 5.04. The molecule has 1 unspecified atom stereocenters. The molecule has 0 aliphatic heterocycles. The number of aromatic nitrogens is 2. The van der Waals surface area contributed by atoms with Crippen molar-refractivity contribution < 1.29 is 5.11 Å². The zero-order valence-corrected chi connectivity index (χ0v) is 8.64. The van der Waals surface area contributed by atoms with Crippen molar-refractivity contribution in [1.82, 2.24) is 9.97 Å². The fourth-order valence-corrected chi connectivity index (χ4v) is 1.73. The second-order valence-electron chi connectivity index (χ2n) is 3.53. The lowest BCUT2D eigenvalue weighted by Gasteiger charge is -2.25. The Bertz CT molecular complexity index is 410. The summed E-state index contributed by atoms with van der Waals surface area (Å²) in [6.07, 6.45) is 3.91. The van der Waals surface area contributed by atoms with Crippen molar-refractivity contribution in [3.05, 3.63) is 54.1 Å². The molecule has 3 nitrogen and oxygen atoms in total. The predicted octanol–water partition coefficient (Wildman–Crippen LogP) is 2.06. The summed E-state index contributed by atoms with van der Waals surface area (Å²) >= 11 is 0. The van der Waals surface area contributed by atoms with Crippen LogP contribution in [0.15, 0.2) is 42.9 Å². The van der Waals surface area contributed by atoms with Crippen LogP contribution in [0.2, 0.25) is 0 Å². The van der Waals surface area contributed by atoms with Gasteiger partial charge in [0.15, 0.2) is 0 Å². The molecule has 0 saturated carbocycles.